The Morgan fingerprint density at radius 1 is 0.971 bits per heavy atom. The molecule has 5 aromatic rings. The lowest BCUT2D eigenvalue weighted by molar-refractivity contribution is 0.343. The van der Waals surface area contributed by atoms with E-state index in [1.165, 1.54) is 17.3 Å². The van der Waals surface area contributed by atoms with Crippen LogP contribution in [0, 0.1) is 6.92 Å². The fraction of sp³-hybridized carbons (Fsp3) is 0.115. The lowest BCUT2D eigenvalue weighted by atomic mass is 10.0. The molecule has 2 aromatic heterocycles. The van der Waals surface area contributed by atoms with Gasteiger partial charge in [-0.2, -0.15) is 0 Å². The summed E-state index contributed by atoms with van der Waals surface area (Å²) >= 11 is 4.96. The van der Waals surface area contributed by atoms with Crippen molar-refractivity contribution < 1.29 is 4.74 Å². The van der Waals surface area contributed by atoms with Gasteiger partial charge in [-0.25, -0.2) is 9.66 Å². The topological polar surface area (TPSA) is 78.9 Å². The number of rotatable bonds is 7. The Morgan fingerprint density at radius 2 is 1.79 bits per heavy atom. The minimum atomic E-state index is 0.527. The van der Waals surface area contributed by atoms with Gasteiger partial charge in [0.25, 0.3) is 0 Å². The van der Waals surface area contributed by atoms with Crippen LogP contribution < -0.4 is 10.6 Å². The van der Waals surface area contributed by atoms with Crippen LogP contribution in [-0.4, -0.2) is 32.2 Å². The summed E-state index contributed by atoms with van der Waals surface area (Å²) < 4.78 is 8.34. The SMILES string of the molecule is Cc1ccc(-c2cc(-c3nnc(SCCOc4cccc(Br)c4)n3N)c3ccccc3n2)cc1. The molecule has 170 valence electrons. The Hall–Kier alpha value is -3.36. The number of nitrogens with two attached hydrogens (primary N) is 1. The number of aromatic nitrogens is 4. The Bertz CT molecular complexity index is 1450. The zero-order chi connectivity index (χ0) is 23.5. The van der Waals surface area contributed by atoms with Gasteiger partial charge in [0.2, 0.25) is 5.16 Å². The molecule has 3 aromatic carbocycles. The second-order valence-corrected chi connectivity index (χ2v) is 9.75. The van der Waals surface area contributed by atoms with E-state index in [1.807, 2.05) is 54.6 Å². The Labute approximate surface area is 210 Å². The van der Waals surface area contributed by atoms with Crippen molar-refractivity contribution in [2.75, 3.05) is 18.2 Å². The highest BCUT2D eigenvalue weighted by atomic mass is 79.9. The maximum Gasteiger partial charge on any atom is 0.210 e. The molecule has 0 fully saturated rings. The molecule has 0 amide bonds. The van der Waals surface area contributed by atoms with Gasteiger partial charge in [0.1, 0.15) is 5.75 Å². The molecule has 34 heavy (non-hydrogen) atoms. The summed E-state index contributed by atoms with van der Waals surface area (Å²) in [6, 6.07) is 26.1. The van der Waals surface area contributed by atoms with Gasteiger partial charge in [0.05, 0.1) is 17.8 Å². The van der Waals surface area contributed by atoms with E-state index in [-0.39, 0.29) is 0 Å². The number of halogens is 1. The first-order valence-corrected chi connectivity index (χ1v) is 12.6. The largest absolute Gasteiger partial charge is 0.493 e. The molecule has 8 heteroatoms. The van der Waals surface area contributed by atoms with E-state index in [0.29, 0.717) is 23.3 Å². The number of ether oxygens (including phenoxy) is 1. The van der Waals surface area contributed by atoms with Gasteiger partial charge < -0.3 is 10.6 Å². The molecule has 0 radical (unpaired) electrons. The summed E-state index contributed by atoms with van der Waals surface area (Å²) in [6.07, 6.45) is 0. The number of nitrogen functional groups attached to an aromatic ring is 1. The van der Waals surface area contributed by atoms with Crippen molar-refractivity contribution in [2.24, 2.45) is 0 Å². The molecule has 0 bridgehead atoms. The van der Waals surface area contributed by atoms with Crippen LogP contribution in [0.1, 0.15) is 5.56 Å². The van der Waals surface area contributed by atoms with E-state index in [0.717, 1.165) is 37.9 Å². The number of fused-ring (bicyclic) bond motifs is 1. The Balaban J connectivity index is 1.41. The van der Waals surface area contributed by atoms with Crippen molar-refractivity contribution >= 4 is 38.6 Å². The molecule has 0 aliphatic heterocycles. The molecule has 0 saturated heterocycles. The van der Waals surface area contributed by atoms with Crippen LogP contribution in [0.3, 0.4) is 0 Å². The third-order valence-electron chi connectivity index (χ3n) is 5.35. The van der Waals surface area contributed by atoms with Crippen molar-refractivity contribution in [1.82, 2.24) is 19.9 Å². The van der Waals surface area contributed by atoms with Crippen molar-refractivity contribution in [3.05, 3.63) is 88.9 Å². The van der Waals surface area contributed by atoms with Crippen LogP contribution in [0.5, 0.6) is 5.75 Å². The number of hydrogen-bond acceptors (Lipinski definition) is 6. The number of aryl methyl sites for hydroxylation is 1. The third kappa shape index (κ3) is 4.78. The van der Waals surface area contributed by atoms with E-state index in [2.05, 4.69) is 57.3 Å². The lowest BCUT2D eigenvalue weighted by Crippen LogP contribution is -2.12. The van der Waals surface area contributed by atoms with Gasteiger partial charge in [0.15, 0.2) is 5.82 Å². The van der Waals surface area contributed by atoms with E-state index in [4.69, 9.17) is 15.6 Å². The predicted octanol–water partition coefficient (Wildman–Crippen LogP) is 6.12. The monoisotopic (exact) mass is 531 g/mol. The standard InChI is InChI=1S/C26H22BrN5OS/c1-17-9-11-18(12-10-17)24-16-22(21-7-2-3-8-23(21)29-24)25-30-31-26(32(25)28)34-14-13-33-20-6-4-5-19(27)15-20/h2-12,15-16H,13-14,28H2,1H3. The first kappa shape index (κ1) is 22.4. The Kier molecular flexibility index (Phi) is 6.51. The molecule has 2 N–H and O–H groups in total. The molecule has 0 unspecified atom stereocenters. The van der Waals surface area contributed by atoms with E-state index in [1.54, 1.807) is 4.68 Å². The summed E-state index contributed by atoms with van der Waals surface area (Å²) in [6.45, 7) is 2.60. The first-order valence-electron chi connectivity index (χ1n) is 10.8. The summed E-state index contributed by atoms with van der Waals surface area (Å²) in [5, 5.41) is 10.4. The quantitative estimate of drug-likeness (QED) is 0.155. The summed E-state index contributed by atoms with van der Waals surface area (Å²) in [5.41, 5.74) is 4.90. The summed E-state index contributed by atoms with van der Waals surface area (Å²) in [4.78, 5) is 4.87. The molecule has 0 aliphatic carbocycles. The average Bonchev–Trinajstić information content (AvgIpc) is 3.21. The number of benzene rings is 3. The maximum atomic E-state index is 6.45. The molecule has 6 nitrogen and oxygen atoms in total. The van der Waals surface area contributed by atoms with Gasteiger partial charge >= 0.3 is 0 Å². The minimum Gasteiger partial charge on any atom is -0.493 e. The maximum absolute atomic E-state index is 6.45. The number of hydrogen-bond donors (Lipinski definition) is 1. The van der Waals surface area contributed by atoms with Gasteiger partial charge in [0, 0.05) is 26.7 Å². The smallest absolute Gasteiger partial charge is 0.210 e. The van der Waals surface area contributed by atoms with Gasteiger partial charge in [-0.15, -0.1) is 10.2 Å². The van der Waals surface area contributed by atoms with Crippen molar-refractivity contribution in [3.63, 3.8) is 0 Å². The molecule has 0 aliphatic rings. The van der Waals surface area contributed by atoms with Crippen molar-refractivity contribution in [3.8, 4) is 28.4 Å². The third-order valence-corrected chi connectivity index (χ3v) is 6.75. The first-order chi connectivity index (χ1) is 16.6. The lowest BCUT2D eigenvalue weighted by Gasteiger charge is -2.10. The van der Waals surface area contributed by atoms with Crippen LogP contribution in [0.4, 0.5) is 0 Å². The number of para-hydroxylation sites is 1. The number of thioether (sulfide) groups is 1. The molecule has 2 heterocycles. The highest BCUT2D eigenvalue weighted by Crippen LogP contribution is 2.32. The van der Waals surface area contributed by atoms with E-state index < -0.39 is 0 Å². The predicted molar refractivity (Wildman–Crippen MR) is 141 cm³/mol. The normalized spacial score (nSPS) is 11.1. The van der Waals surface area contributed by atoms with Crippen LogP contribution in [-0.2, 0) is 0 Å². The highest BCUT2D eigenvalue weighted by Gasteiger charge is 2.17. The van der Waals surface area contributed by atoms with Crippen LogP contribution in [0.25, 0.3) is 33.5 Å². The van der Waals surface area contributed by atoms with Gasteiger partial charge in [-0.1, -0.05) is 81.8 Å². The fourth-order valence-corrected chi connectivity index (χ4v) is 4.69. The van der Waals surface area contributed by atoms with Gasteiger partial charge in [-0.05, 0) is 37.3 Å². The fourth-order valence-electron chi connectivity index (χ4n) is 3.64. The molecule has 0 spiro atoms. The van der Waals surface area contributed by atoms with Crippen molar-refractivity contribution in [2.45, 2.75) is 12.1 Å². The van der Waals surface area contributed by atoms with Crippen LogP contribution in [0.15, 0.2) is 88.5 Å². The van der Waals surface area contributed by atoms with Gasteiger partial charge in [-0.3, -0.25) is 0 Å². The molecule has 5 rings (SSSR count). The van der Waals surface area contributed by atoms with E-state index in [9.17, 15) is 0 Å². The zero-order valence-corrected chi connectivity index (χ0v) is 20.9. The highest BCUT2D eigenvalue weighted by molar-refractivity contribution is 9.10. The molecule has 0 saturated carbocycles. The van der Waals surface area contributed by atoms with Crippen LogP contribution >= 0.6 is 27.7 Å². The zero-order valence-electron chi connectivity index (χ0n) is 18.5. The summed E-state index contributed by atoms with van der Waals surface area (Å²) in [5.74, 6) is 8.56. The molecular formula is C26H22BrN5OS. The second kappa shape index (κ2) is 9.87. The van der Waals surface area contributed by atoms with E-state index >= 15 is 0 Å². The van der Waals surface area contributed by atoms with Crippen molar-refractivity contribution in [1.29, 1.82) is 0 Å². The summed E-state index contributed by atoms with van der Waals surface area (Å²) in [7, 11) is 0. The van der Waals surface area contributed by atoms with Crippen LogP contribution in [0.2, 0.25) is 0 Å². The number of pyridine rings is 1. The molecular weight excluding hydrogens is 510 g/mol. The minimum absolute atomic E-state index is 0.527. The second-order valence-electron chi connectivity index (χ2n) is 7.77. The molecule has 0 atom stereocenters. The average molecular weight is 532 g/mol. The Morgan fingerprint density at radius 3 is 2.62 bits per heavy atom. The number of nitrogens with zero attached hydrogens (tertiary/aromatic N) is 4.